The van der Waals surface area contributed by atoms with Gasteiger partial charge >= 0.3 is 5.97 Å². The molecule has 8 heteroatoms. The molecule has 176 valence electrons. The van der Waals surface area contributed by atoms with Crippen molar-refractivity contribution in [3.05, 3.63) is 23.6 Å². The molecule has 8 atom stereocenters. The number of fused-ring (bicyclic) bond motifs is 5. The van der Waals surface area contributed by atoms with Crippen LogP contribution in [-0.4, -0.2) is 50.4 Å². The molecule has 6 nitrogen and oxygen atoms in total. The van der Waals surface area contributed by atoms with Crippen molar-refractivity contribution in [3.8, 4) is 0 Å². The Labute approximate surface area is 195 Å². The number of carbonyl (C=O) groups is 3. The number of halogens is 2. The fraction of sp³-hybridized carbons (Fsp3) is 0.708. The number of ketones is 2. The SMILES string of the molecule is CC(=O)OCC(=O)[C@@]1(O)C(C)C[C@H]2[C@@H]3CCC4=C(F)C(=O)C=C[C@]4(C)[C@@]3(Br)C(O)C[C@@]21C. The summed E-state index contributed by atoms with van der Waals surface area (Å²) in [5, 5.41) is 23.3. The summed E-state index contributed by atoms with van der Waals surface area (Å²) in [4.78, 5) is 36.4. The lowest BCUT2D eigenvalue weighted by atomic mass is 9.46. The van der Waals surface area contributed by atoms with Crippen LogP contribution in [0.4, 0.5) is 4.39 Å². The highest BCUT2D eigenvalue weighted by Gasteiger charge is 2.74. The lowest BCUT2D eigenvalue weighted by Gasteiger charge is -2.64. The van der Waals surface area contributed by atoms with Crippen LogP contribution < -0.4 is 0 Å². The number of rotatable bonds is 3. The van der Waals surface area contributed by atoms with Gasteiger partial charge in [-0.2, -0.15) is 0 Å². The Morgan fingerprint density at radius 1 is 1.31 bits per heavy atom. The third-order valence-corrected chi connectivity index (χ3v) is 11.1. The first kappa shape index (κ1) is 23.8. The lowest BCUT2D eigenvalue weighted by molar-refractivity contribution is -0.181. The first-order valence-corrected chi connectivity index (χ1v) is 11.9. The third kappa shape index (κ3) is 2.72. The predicted molar refractivity (Wildman–Crippen MR) is 117 cm³/mol. The Hall–Kier alpha value is -1.38. The van der Waals surface area contributed by atoms with Gasteiger partial charge in [0.2, 0.25) is 11.6 Å². The molecule has 0 aromatic rings. The normalized spacial score (nSPS) is 47.6. The zero-order valence-electron chi connectivity index (χ0n) is 18.8. The molecule has 0 spiro atoms. The van der Waals surface area contributed by atoms with Gasteiger partial charge in [0.15, 0.2) is 12.4 Å². The highest BCUT2D eigenvalue weighted by Crippen LogP contribution is 2.72. The van der Waals surface area contributed by atoms with Crippen molar-refractivity contribution in [1.82, 2.24) is 0 Å². The largest absolute Gasteiger partial charge is 0.458 e. The van der Waals surface area contributed by atoms with Gasteiger partial charge in [-0.25, -0.2) is 4.39 Å². The summed E-state index contributed by atoms with van der Waals surface area (Å²) in [5.74, 6) is -3.28. The second kappa shape index (κ2) is 7.31. The van der Waals surface area contributed by atoms with Gasteiger partial charge in [-0.3, -0.25) is 14.4 Å². The first-order chi connectivity index (χ1) is 14.7. The number of aliphatic hydroxyl groups excluding tert-OH is 1. The number of carbonyl (C=O) groups excluding carboxylic acids is 3. The highest BCUT2D eigenvalue weighted by atomic mass is 79.9. The molecule has 4 aliphatic rings. The molecular formula is C24H30BrFO6. The van der Waals surface area contributed by atoms with Crippen LogP contribution in [-0.2, 0) is 19.1 Å². The lowest BCUT2D eigenvalue weighted by Crippen LogP contribution is -2.68. The summed E-state index contributed by atoms with van der Waals surface area (Å²) < 4.78 is 18.8. The van der Waals surface area contributed by atoms with Crippen LogP contribution in [0.3, 0.4) is 0 Å². The first-order valence-electron chi connectivity index (χ1n) is 11.1. The minimum absolute atomic E-state index is 0.109. The van der Waals surface area contributed by atoms with Crippen LogP contribution in [0.2, 0.25) is 0 Å². The number of alkyl halides is 1. The topological polar surface area (TPSA) is 101 Å². The fourth-order valence-corrected chi connectivity index (χ4v) is 8.58. The second-order valence-electron chi connectivity index (χ2n) is 10.5. The summed E-state index contributed by atoms with van der Waals surface area (Å²) in [5.41, 5.74) is -3.23. The van der Waals surface area contributed by atoms with Crippen LogP contribution in [0.25, 0.3) is 0 Å². The van der Waals surface area contributed by atoms with Gasteiger partial charge in [-0.05, 0) is 55.1 Å². The van der Waals surface area contributed by atoms with Gasteiger partial charge in [0, 0.05) is 17.8 Å². The van der Waals surface area contributed by atoms with Crippen molar-refractivity contribution in [3.63, 3.8) is 0 Å². The van der Waals surface area contributed by atoms with E-state index in [1.807, 2.05) is 20.8 Å². The number of aliphatic hydroxyl groups is 2. The van der Waals surface area contributed by atoms with Crippen molar-refractivity contribution in [1.29, 1.82) is 0 Å². The molecule has 0 radical (unpaired) electrons. The number of ether oxygens (including phenoxy) is 1. The molecule has 0 aromatic carbocycles. The van der Waals surface area contributed by atoms with E-state index in [4.69, 9.17) is 4.74 Å². The average molecular weight is 513 g/mol. The van der Waals surface area contributed by atoms with E-state index >= 15 is 0 Å². The molecule has 3 saturated carbocycles. The molecule has 2 N–H and O–H groups in total. The van der Waals surface area contributed by atoms with Gasteiger partial charge in [-0.1, -0.05) is 42.8 Å². The summed E-state index contributed by atoms with van der Waals surface area (Å²) in [6, 6.07) is 0. The van der Waals surface area contributed by atoms with Crippen molar-refractivity contribution in [2.45, 2.75) is 69.4 Å². The summed E-state index contributed by atoms with van der Waals surface area (Å²) in [7, 11) is 0. The van der Waals surface area contributed by atoms with Crippen molar-refractivity contribution in [2.75, 3.05) is 6.61 Å². The number of hydrogen-bond donors (Lipinski definition) is 2. The van der Waals surface area contributed by atoms with Crippen LogP contribution in [0.1, 0.15) is 53.4 Å². The fourth-order valence-electron chi connectivity index (χ4n) is 7.50. The summed E-state index contributed by atoms with van der Waals surface area (Å²) in [6.07, 6.45) is 3.45. The van der Waals surface area contributed by atoms with E-state index in [1.54, 1.807) is 6.08 Å². The molecule has 0 aliphatic heterocycles. The molecule has 2 unspecified atom stereocenters. The summed E-state index contributed by atoms with van der Waals surface area (Å²) in [6.45, 7) is 6.18. The second-order valence-corrected chi connectivity index (χ2v) is 11.8. The molecule has 0 heterocycles. The van der Waals surface area contributed by atoms with E-state index in [9.17, 15) is 29.0 Å². The molecule has 4 rings (SSSR count). The smallest absolute Gasteiger partial charge is 0.303 e. The molecule has 0 aromatic heterocycles. The number of Topliss-reactive ketones (excluding diaryl/α,β-unsaturated/α-hetero) is 1. The van der Waals surface area contributed by atoms with Crippen LogP contribution in [0.5, 0.6) is 0 Å². The molecule has 0 amide bonds. The molecule has 3 fully saturated rings. The maximum Gasteiger partial charge on any atom is 0.303 e. The van der Waals surface area contributed by atoms with E-state index in [-0.39, 0.29) is 18.3 Å². The standard InChI is InChI=1S/C24H30BrFO6/c1-12-9-16-14-5-6-15-20(26)17(28)7-8-21(15,3)23(14,25)18(29)10-22(16,4)24(12,31)19(30)11-32-13(2)27/h7-8,12,14,16,18,29,31H,5-6,9-11H2,1-4H3/t12?,14-,16-,18?,21-,22-,23-,24-/m0/s1. The Kier molecular flexibility index (Phi) is 5.43. The van der Waals surface area contributed by atoms with E-state index in [0.717, 1.165) is 0 Å². The van der Waals surface area contributed by atoms with Gasteiger partial charge in [0.05, 0.1) is 10.4 Å². The average Bonchev–Trinajstić information content (AvgIpc) is 2.92. The Morgan fingerprint density at radius 3 is 2.59 bits per heavy atom. The third-order valence-electron chi connectivity index (χ3n) is 9.15. The quantitative estimate of drug-likeness (QED) is 0.444. The van der Waals surface area contributed by atoms with E-state index in [2.05, 4.69) is 15.9 Å². The molecular weight excluding hydrogens is 483 g/mol. The monoisotopic (exact) mass is 512 g/mol. The minimum Gasteiger partial charge on any atom is -0.458 e. The van der Waals surface area contributed by atoms with Crippen LogP contribution in [0.15, 0.2) is 23.6 Å². The van der Waals surface area contributed by atoms with Gasteiger partial charge in [-0.15, -0.1) is 0 Å². The number of hydrogen-bond acceptors (Lipinski definition) is 6. The molecule has 32 heavy (non-hydrogen) atoms. The van der Waals surface area contributed by atoms with E-state index in [1.165, 1.54) is 13.0 Å². The van der Waals surface area contributed by atoms with E-state index < -0.39 is 62.7 Å². The van der Waals surface area contributed by atoms with Crippen LogP contribution >= 0.6 is 15.9 Å². The van der Waals surface area contributed by atoms with Crippen LogP contribution in [0, 0.1) is 28.6 Å². The van der Waals surface area contributed by atoms with Crippen molar-refractivity contribution in [2.24, 2.45) is 28.6 Å². The molecule has 0 bridgehead atoms. The minimum atomic E-state index is -1.76. The Bertz CT molecular complexity index is 960. The van der Waals surface area contributed by atoms with Crippen molar-refractivity contribution >= 4 is 33.5 Å². The predicted octanol–water partition coefficient (Wildman–Crippen LogP) is 3.19. The Balaban J connectivity index is 1.78. The highest BCUT2D eigenvalue weighted by molar-refractivity contribution is 9.10. The Morgan fingerprint density at radius 2 is 1.97 bits per heavy atom. The number of allylic oxidation sites excluding steroid dienone is 4. The van der Waals surface area contributed by atoms with Gasteiger partial charge in [0.25, 0.3) is 0 Å². The zero-order valence-corrected chi connectivity index (χ0v) is 20.4. The maximum atomic E-state index is 14.8. The molecule has 0 saturated heterocycles. The van der Waals surface area contributed by atoms with Crippen molar-refractivity contribution < 1.29 is 33.7 Å². The maximum absolute atomic E-state index is 14.8. The van der Waals surface area contributed by atoms with E-state index in [0.29, 0.717) is 24.8 Å². The zero-order chi connectivity index (χ0) is 23.9. The van der Waals surface area contributed by atoms with Gasteiger partial charge < -0.3 is 14.9 Å². The molecule has 4 aliphatic carbocycles. The summed E-state index contributed by atoms with van der Waals surface area (Å²) >= 11 is 3.84. The number of esters is 1. The van der Waals surface area contributed by atoms with Gasteiger partial charge in [0.1, 0.15) is 5.60 Å².